The van der Waals surface area contributed by atoms with Crippen molar-refractivity contribution in [3.05, 3.63) is 65.4 Å². The van der Waals surface area contributed by atoms with Crippen LogP contribution in [0.25, 0.3) is 16.9 Å². The van der Waals surface area contributed by atoms with Crippen LogP contribution in [0.5, 0.6) is 5.75 Å². The molecule has 0 aliphatic carbocycles. The molecule has 0 fully saturated rings. The van der Waals surface area contributed by atoms with Crippen molar-refractivity contribution < 1.29 is 4.74 Å². The summed E-state index contributed by atoms with van der Waals surface area (Å²) in [5.41, 5.74) is 12.1. The molecule has 4 heteroatoms. The Kier molecular flexibility index (Phi) is 4.17. The van der Waals surface area contributed by atoms with Crippen LogP contribution in [0.15, 0.2) is 48.5 Å². The van der Waals surface area contributed by atoms with E-state index in [0.29, 0.717) is 6.54 Å². The highest BCUT2D eigenvalue weighted by atomic mass is 16.5. The van der Waals surface area contributed by atoms with Gasteiger partial charge in [-0.25, -0.2) is 4.68 Å². The molecule has 0 atom stereocenters. The molecule has 0 spiro atoms. The minimum Gasteiger partial charge on any atom is -0.496 e. The maximum atomic E-state index is 5.82. The first-order valence-corrected chi connectivity index (χ1v) is 7.64. The zero-order chi connectivity index (χ0) is 16.4. The summed E-state index contributed by atoms with van der Waals surface area (Å²) in [7, 11) is 1.68. The quantitative estimate of drug-likeness (QED) is 0.801. The van der Waals surface area contributed by atoms with E-state index in [-0.39, 0.29) is 0 Å². The van der Waals surface area contributed by atoms with Crippen molar-refractivity contribution in [2.75, 3.05) is 7.11 Å². The van der Waals surface area contributed by atoms with Gasteiger partial charge in [0.25, 0.3) is 0 Å². The normalized spacial score (nSPS) is 10.8. The Morgan fingerprint density at radius 2 is 1.87 bits per heavy atom. The highest BCUT2D eigenvalue weighted by molar-refractivity contribution is 5.70. The number of hydrogen-bond donors (Lipinski definition) is 1. The van der Waals surface area contributed by atoms with Gasteiger partial charge in [-0.15, -0.1) is 0 Å². The van der Waals surface area contributed by atoms with Crippen LogP contribution in [0.4, 0.5) is 0 Å². The molecular weight excluding hydrogens is 286 g/mol. The lowest BCUT2D eigenvalue weighted by Gasteiger charge is -2.13. The average Bonchev–Trinajstić information content (AvgIpc) is 3.01. The molecule has 0 aliphatic rings. The third-order valence-electron chi connectivity index (χ3n) is 3.94. The number of nitrogens with zero attached hydrogens (tertiary/aromatic N) is 2. The van der Waals surface area contributed by atoms with Crippen LogP contribution in [0.2, 0.25) is 0 Å². The second-order valence-corrected chi connectivity index (χ2v) is 5.63. The van der Waals surface area contributed by atoms with Crippen molar-refractivity contribution in [3.8, 4) is 22.7 Å². The number of ether oxygens (including phenoxy) is 1. The fourth-order valence-corrected chi connectivity index (χ4v) is 2.71. The van der Waals surface area contributed by atoms with Gasteiger partial charge < -0.3 is 10.5 Å². The number of para-hydroxylation sites is 1. The van der Waals surface area contributed by atoms with Gasteiger partial charge in [0.15, 0.2) is 0 Å². The second kappa shape index (κ2) is 6.26. The van der Waals surface area contributed by atoms with E-state index in [1.54, 1.807) is 7.11 Å². The average molecular weight is 307 g/mol. The van der Waals surface area contributed by atoms with E-state index >= 15 is 0 Å². The molecule has 1 aromatic heterocycles. The Hall–Kier alpha value is -2.59. The van der Waals surface area contributed by atoms with Gasteiger partial charge in [-0.1, -0.05) is 24.3 Å². The topological polar surface area (TPSA) is 53.1 Å². The first-order chi connectivity index (χ1) is 11.1. The molecule has 0 bridgehead atoms. The molecule has 1 heterocycles. The molecule has 3 aromatic rings. The van der Waals surface area contributed by atoms with Crippen molar-refractivity contribution in [2.24, 2.45) is 5.73 Å². The molecule has 0 aliphatic heterocycles. The van der Waals surface area contributed by atoms with Crippen LogP contribution in [0.3, 0.4) is 0 Å². The number of hydrogen-bond acceptors (Lipinski definition) is 3. The molecule has 0 amide bonds. The molecule has 4 nitrogen and oxygen atoms in total. The predicted molar refractivity (Wildman–Crippen MR) is 92.9 cm³/mol. The Morgan fingerprint density at radius 1 is 1.09 bits per heavy atom. The van der Waals surface area contributed by atoms with Gasteiger partial charge in [0, 0.05) is 12.1 Å². The molecular formula is C19H21N3O. The van der Waals surface area contributed by atoms with Gasteiger partial charge in [0.05, 0.1) is 24.2 Å². The highest BCUT2D eigenvalue weighted by Crippen LogP contribution is 2.32. The molecule has 2 aromatic carbocycles. The Balaban J connectivity index is 2.26. The lowest BCUT2D eigenvalue weighted by molar-refractivity contribution is 0.416. The van der Waals surface area contributed by atoms with Gasteiger partial charge in [0.2, 0.25) is 0 Å². The molecule has 0 saturated heterocycles. The van der Waals surface area contributed by atoms with Crippen molar-refractivity contribution in [2.45, 2.75) is 20.4 Å². The van der Waals surface area contributed by atoms with E-state index in [4.69, 9.17) is 10.5 Å². The largest absolute Gasteiger partial charge is 0.496 e. The van der Waals surface area contributed by atoms with Crippen LogP contribution < -0.4 is 10.5 Å². The summed E-state index contributed by atoms with van der Waals surface area (Å²) >= 11 is 0. The van der Waals surface area contributed by atoms with Crippen molar-refractivity contribution in [1.82, 2.24) is 9.78 Å². The fraction of sp³-hybridized carbons (Fsp3) is 0.211. The highest BCUT2D eigenvalue weighted by Gasteiger charge is 2.15. The van der Waals surface area contributed by atoms with Crippen molar-refractivity contribution >= 4 is 0 Å². The first kappa shape index (κ1) is 15.3. The van der Waals surface area contributed by atoms with E-state index in [1.807, 2.05) is 35.0 Å². The smallest absolute Gasteiger partial charge is 0.128 e. The van der Waals surface area contributed by atoms with Gasteiger partial charge >= 0.3 is 0 Å². The van der Waals surface area contributed by atoms with Gasteiger partial charge in [0.1, 0.15) is 5.75 Å². The Morgan fingerprint density at radius 3 is 2.61 bits per heavy atom. The fourth-order valence-electron chi connectivity index (χ4n) is 2.71. The minimum atomic E-state index is 0.403. The first-order valence-electron chi connectivity index (χ1n) is 7.64. The maximum absolute atomic E-state index is 5.82. The van der Waals surface area contributed by atoms with E-state index in [0.717, 1.165) is 28.4 Å². The molecule has 2 N–H and O–H groups in total. The summed E-state index contributed by atoms with van der Waals surface area (Å²) < 4.78 is 7.48. The van der Waals surface area contributed by atoms with Crippen LogP contribution in [0.1, 0.15) is 16.8 Å². The molecule has 0 saturated carbocycles. The lowest BCUT2D eigenvalue weighted by atomic mass is 10.1. The second-order valence-electron chi connectivity index (χ2n) is 5.63. The van der Waals surface area contributed by atoms with Crippen LogP contribution in [-0.4, -0.2) is 16.9 Å². The number of nitrogens with two attached hydrogens (primary N) is 1. The van der Waals surface area contributed by atoms with E-state index in [2.05, 4.69) is 37.1 Å². The van der Waals surface area contributed by atoms with Crippen LogP contribution in [0, 0.1) is 13.8 Å². The summed E-state index contributed by atoms with van der Waals surface area (Å²) in [4.78, 5) is 0. The summed E-state index contributed by atoms with van der Waals surface area (Å²) in [5.74, 6) is 0.822. The van der Waals surface area contributed by atoms with E-state index in [1.165, 1.54) is 11.1 Å². The molecule has 3 rings (SSSR count). The zero-order valence-corrected chi connectivity index (χ0v) is 13.7. The van der Waals surface area contributed by atoms with Crippen LogP contribution >= 0.6 is 0 Å². The number of rotatable bonds is 4. The Labute approximate surface area is 136 Å². The maximum Gasteiger partial charge on any atom is 0.128 e. The predicted octanol–water partition coefficient (Wildman–Crippen LogP) is 3.62. The van der Waals surface area contributed by atoms with Gasteiger partial charge in [-0.3, -0.25) is 0 Å². The van der Waals surface area contributed by atoms with E-state index in [9.17, 15) is 0 Å². The third kappa shape index (κ3) is 2.85. The van der Waals surface area contributed by atoms with Gasteiger partial charge in [-0.05, 0) is 49.2 Å². The number of aromatic nitrogens is 2. The standard InChI is InChI=1S/C19H21N3O/c1-13-8-9-14(2)17(10-13)22-18(11-15(12-20)21-22)16-6-4-5-7-19(16)23-3/h4-11H,12,20H2,1-3H3. The SMILES string of the molecule is COc1ccccc1-c1cc(CN)nn1-c1cc(C)ccc1C. The number of aryl methyl sites for hydroxylation is 2. The van der Waals surface area contributed by atoms with Crippen molar-refractivity contribution in [3.63, 3.8) is 0 Å². The lowest BCUT2D eigenvalue weighted by Crippen LogP contribution is -2.04. The van der Waals surface area contributed by atoms with Crippen molar-refractivity contribution in [1.29, 1.82) is 0 Å². The summed E-state index contributed by atoms with van der Waals surface area (Å²) in [6.07, 6.45) is 0. The summed E-state index contributed by atoms with van der Waals surface area (Å²) in [6, 6.07) is 16.3. The molecule has 23 heavy (non-hydrogen) atoms. The molecule has 0 radical (unpaired) electrons. The third-order valence-corrected chi connectivity index (χ3v) is 3.94. The molecule has 0 unspecified atom stereocenters. The molecule has 118 valence electrons. The summed E-state index contributed by atoms with van der Waals surface area (Å²) in [5, 5.41) is 4.69. The van der Waals surface area contributed by atoms with Gasteiger partial charge in [-0.2, -0.15) is 5.10 Å². The monoisotopic (exact) mass is 307 g/mol. The number of methoxy groups -OCH3 is 1. The van der Waals surface area contributed by atoms with Crippen LogP contribution in [-0.2, 0) is 6.54 Å². The number of benzene rings is 2. The summed E-state index contributed by atoms with van der Waals surface area (Å²) in [6.45, 7) is 4.57. The zero-order valence-electron chi connectivity index (χ0n) is 13.7. The Bertz CT molecular complexity index is 836. The van der Waals surface area contributed by atoms with E-state index < -0.39 is 0 Å². The minimum absolute atomic E-state index is 0.403.